The van der Waals surface area contributed by atoms with Crippen molar-refractivity contribution in [2.75, 3.05) is 10.7 Å². The number of hydrogen-bond donors (Lipinski definition) is 3. The maximum Gasteiger partial charge on any atom is 0.328 e. The van der Waals surface area contributed by atoms with Gasteiger partial charge in [-0.15, -0.1) is 0 Å². The fraction of sp³-hybridized carbons (Fsp3) is 0.190. The molecule has 0 unspecified atom stereocenters. The first kappa shape index (κ1) is 21.9. The first-order valence-corrected chi connectivity index (χ1v) is 10.3. The van der Waals surface area contributed by atoms with E-state index >= 15 is 0 Å². The van der Waals surface area contributed by atoms with E-state index in [4.69, 9.17) is 11.6 Å². The minimum absolute atomic E-state index is 0.153. The number of nitrogens with zero attached hydrogens (tertiary/aromatic N) is 1. The van der Waals surface area contributed by atoms with Crippen LogP contribution < -0.4 is 16.1 Å². The zero-order chi connectivity index (χ0) is 22.0. The number of benzene rings is 2. The number of amides is 3. The monoisotopic (exact) mass is 490 g/mol. The Balaban J connectivity index is 1.98. The molecule has 1 aromatic heterocycles. The van der Waals surface area contributed by atoms with E-state index in [-0.39, 0.29) is 11.7 Å². The maximum absolute atomic E-state index is 13.0. The van der Waals surface area contributed by atoms with Gasteiger partial charge < -0.3 is 10.6 Å². The third-order valence-electron chi connectivity index (χ3n) is 4.27. The van der Waals surface area contributed by atoms with Crippen molar-refractivity contribution in [3.63, 3.8) is 0 Å². The Labute approximate surface area is 186 Å². The molecule has 3 aromatic rings. The molecule has 30 heavy (non-hydrogen) atoms. The van der Waals surface area contributed by atoms with Crippen LogP contribution in [0, 0.1) is 6.92 Å². The molecular formula is C21H20BrClN4O3. The van der Waals surface area contributed by atoms with Gasteiger partial charge in [-0.1, -0.05) is 27.5 Å². The number of rotatable bonds is 4. The van der Waals surface area contributed by atoms with Gasteiger partial charge in [0.1, 0.15) is 5.69 Å². The Morgan fingerprint density at radius 1 is 1.03 bits per heavy atom. The molecule has 0 aliphatic carbocycles. The van der Waals surface area contributed by atoms with Gasteiger partial charge in [-0.05, 0) is 68.8 Å². The summed E-state index contributed by atoms with van der Waals surface area (Å²) in [6.07, 6.45) is 0. The standard InChI is InChI=1S/C21H20BrClN4O3/c1-11(2)24-20(29)21(30)26-27-17-7-5-15(23)9-13(17)10-18(27)19(28)25-16-6-4-14(22)8-12(16)3/h4-11H,1-3H3,(H,24,29)(H,25,28)(H,26,30). The lowest BCUT2D eigenvalue weighted by atomic mass is 10.2. The highest BCUT2D eigenvalue weighted by atomic mass is 79.9. The number of carbonyl (C=O) groups excluding carboxylic acids is 3. The van der Waals surface area contributed by atoms with Gasteiger partial charge >= 0.3 is 11.8 Å². The lowest BCUT2D eigenvalue weighted by molar-refractivity contribution is -0.137. The molecule has 0 atom stereocenters. The van der Waals surface area contributed by atoms with Crippen molar-refractivity contribution < 1.29 is 14.4 Å². The average Bonchev–Trinajstić information content (AvgIpc) is 3.01. The first-order valence-electron chi connectivity index (χ1n) is 9.16. The van der Waals surface area contributed by atoms with Gasteiger partial charge in [0.25, 0.3) is 5.91 Å². The Hall–Kier alpha value is -2.84. The van der Waals surface area contributed by atoms with Crippen LogP contribution >= 0.6 is 27.5 Å². The highest BCUT2D eigenvalue weighted by Crippen LogP contribution is 2.25. The Bertz CT molecular complexity index is 1160. The molecule has 2 aromatic carbocycles. The second-order valence-electron chi connectivity index (χ2n) is 7.05. The predicted octanol–water partition coefficient (Wildman–Crippen LogP) is 4.21. The smallest absolute Gasteiger partial charge is 0.328 e. The Morgan fingerprint density at radius 2 is 1.77 bits per heavy atom. The summed E-state index contributed by atoms with van der Waals surface area (Å²) in [5, 5.41) is 6.49. The van der Waals surface area contributed by atoms with E-state index in [1.165, 1.54) is 4.68 Å². The summed E-state index contributed by atoms with van der Waals surface area (Å²) in [6.45, 7) is 5.36. The van der Waals surface area contributed by atoms with E-state index in [1.54, 1.807) is 44.2 Å². The average molecular weight is 492 g/mol. The van der Waals surface area contributed by atoms with Gasteiger partial charge in [-0.25, -0.2) is 4.68 Å². The quantitative estimate of drug-likeness (QED) is 0.477. The number of aryl methyl sites for hydroxylation is 1. The number of halogens is 2. The fourth-order valence-corrected chi connectivity index (χ4v) is 3.56. The molecule has 9 heteroatoms. The van der Waals surface area contributed by atoms with Crippen LogP contribution in [-0.4, -0.2) is 28.4 Å². The molecule has 0 aliphatic heterocycles. The second-order valence-corrected chi connectivity index (χ2v) is 8.40. The zero-order valence-corrected chi connectivity index (χ0v) is 18.9. The molecule has 3 amide bonds. The largest absolute Gasteiger partial charge is 0.346 e. The summed E-state index contributed by atoms with van der Waals surface area (Å²) in [7, 11) is 0. The van der Waals surface area contributed by atoms with Gasteiger partial charge in [0.15, 0.2) is 0 Å². The van der Waals surface area contributed by atoms with Crippen LogP contribution in [0.5, 0.6) is 0 Å². The minimum atomic E-state index is -0.884. The van der Waals surface area contributed by atoms with Crippen molar-refractivity contribution in [3.05, 3.63) is 63.2 Å². The molecule has 0 fully saturated rings. The van der Waals surface area contributed by atoms with E-state index in [1.807, 2.05) is 19.1 Å². The SMILES string of the molecule is Cc1cc(Br)ccc1NC(=O)c1cc2cc(Cl)ccc2n1NC(=O)C(=O)NC(C)C. The van der Waals surface area contributed by atoms with Crippen LogP contribution in [-0.2, 0) is 9.59 Å². The zero-order valence-electron chi connectivity index (χ0n) is 16.5. The lowest BCUT2D eigenvalue weighted by Crippen LogP contribution is -2.42. The molecule has 1 heterocycles. The van der Waals surface area contributed by atoms with Gasteiger partial charge in [0.05, 0.1) is 5.52 Å². The highest BCUT2D eigenvalue weighted by Gasteiger charge is 2.21. The van der Waals surface area contributed by atoms with Gasteiger partial charge in [-0.2, -0.15) is 0 Å². The van der Waals surface area contributed by atoms with E-state index in [2.05, 4.69) is 32.0 Å². The lowest BCUT2D eigenvalue weighted by Gasteiger charge is -2.14. The number of fused-ring (bicyclic) bond motifs is 1. The van der Waals surface area contributed by atoms with Crippen molar-refractivity contribution in [3.8, 4) is 0 Å². The van der Waals surface area contributed by atoms with Crippen molar-refractivity contribution in [2.45, 2.75) is 26.8 Å². The van der Waals surface area contributed by atoms with E-state index in [0.717, 1.165) is 10.0 Å². The molecule has 0 radical (unpaired) electrons. The molecule has 3 rings (SSSR count). The second kappa shape index (κ2) is 8.89. The third kappa shape index (κ3) is 4.83. The van der Waals surface area contributed by atoms with Crippen LogP contribution in [0.25, 0.3) is 10.9 Å². The summed E-state index contributed by atoms with van der Waals surface area (Å²) >= 11 is 9.46. The first-order chi connectivity index (χ1) is 14.2. The molecule has 3 N–H and O–H groups in total. The topological polar surface area (TPSA) is 92.2 Å². The van der Waals surface area contributed by atoms with Crippen molar-refractivity contribution >= 4 is 61.8 Å². The molecule has 0 bridgehead atoms. The number of nitrogens with one attached hydrogen (secondary N) is 3. The molecule has 0 saturated heterocycles. The Kier molecular flexibility index (Phi) is 6.48. The van der Waals surface area contributed by atoms with Gasteiger partial charge in [0, 0.05) is 26.6 Å². The van der Waals surface area contributed by atoms with Gasteiger partial charge in [0.2, 0.25) is 0 Å². The van der Waals surface area contributed by atoms with E-state index in [0.29, 0.717) is 21.6 Å². The van der Waals surface area contributed by atoms with Crippen LogP contribution in [0.1, 0.15) is 29.9 Å². The normalized spacial score (nSPS) is 10.9. The molecular weight excluding hydrogens is 472 g/mol. The number of carbonyl (C=O) groups is 3. The van der Waals surface area contributed by atoms with Gasteiger partial charge in [-0.3, -0.25) is 19.8 Å². The highest BCUT2D eigenvalue weighted by molar-refractivity contribution is 9.10. The molecule has 0 spiro atoms. The summed E-state index contributed by atoms with van der Waals surface area (Å²) in [4.78, 5) is 37.5. The van der Waals surface area contributed by atoms with Crippen LogP contribution in [0.3, 0.4) is 0 Å². The fourth-order valence-electron chi connectivity index (χ4n) is 2.91. The van der Waals surface area contributed by atoms with E-state index < -0.39 is 17.7 Å². The summed E-state index contributed by atoms with van der Waals surface area (Å²) in [6, 6.07) is 11.9. The molecule has 7 nitrogen and oxygen atoms in total. The third-order valence-corrected chi connectivity index (χ3v) is 5.00. The maximum atomic E-state index is 13.0. The molecule has 0 saturated carbocycles. The van der Waals surface area contributed by atoms with E-state index in [9.17, 15) is 14.4 Å². The summed E-state index contributed by atoms with van der Waals surface area (Å²) in [5.41, 5.74) is 4.68. The Morgan fingerprint density at radius 3 is 2.43 bits per heavy atom. The molecule has 156 valence electrons. The van der Waals surface area contributed by atoms with Crippen molar-refractivity contribution in [1.82, 2.24) is 9.99 Å². The van der Waals surface area contributed by atoms with Crippen molar-refractivity contribution in [1.29, 1.82) is 0 Å². The summed E-state index contributed by atoms with van der Waals surface area (Å²) < 4.78 is 2.18. The number of hydrogen-bond acceptors (Lipinski definition) is 3. The molecule has 0 aliphatic rings. The van der Waals surface area contributed by atoms with Crippen molar-refractivity contribution in [2.24, 2.45) is 0 Å². The minimum Gasteiger partial charge on any atom is -0.346 e. The number of aromatic nitrogens is 1. The summed E-state index contributed by atoms with van der Waals surface area (Å²) in [5.74, 6) is -2.13. The number of anilines is 1. The van der Waals surface area contributed by atoms with Crippen LogP contribution in [0.2, 0.25) is 5.02 Å². The predicted molar refractivity (Wildman–Crippen MR) is 121 cm³/mol. The van der Waals surface area contributed by atoms with Crippen LogP contribution in [0.4, 0.5) is 5.69 Å². The van der Waals surface area contributed by atoms with Crippen LogP contribution in [0.15, 0.2) is 46.9 Å².